The third-order valence-electron chi connectivity index (χ3n) is 5.53. The van der Waals surface area contributed by atoms with Crippen molar-refractivity contribution in [3.8, 4) is 5.75 Å². The van der Waals surface area contributed by atoms with Crippen LogP contribution in [-0.4, -0.2) is 6.04 Å². The third-order valence-corrected chi connectivity index (χ3v) is 5.53. The molecular formula is C23H29NO. The van der Waals surface area contributed by atoms with Crippen LogP contribution in [0, 0.1) is 0 Å². The second-order valence-electron chi connectivity index (χ2n) is 7.64. The molecule has 2 heteroatoms. The average Bonchev–Trinajstić information content (AvgIpc) is 3.52. The highest BCUT2D eigenvalue weighted by atomic mass is 16.5. The summed E-state index contributed by atoms with van der Waals surface area (Å²) in [6.07, 6.45) is 9.48. The van der Waals surface area contributed by atoms with Crippen molar-refractivity contribution < 1.29 is 4.74 Å². The van der Waals surface area contributed by atoms with Gasteiger partial charge >= 0.3 is 0 Å². The Hall–Kier alpha value is -1.80. The largest absolute Gasteiger partial charge is 0.489 e. The van der Waals surface area contributed by atoms with Crippen LogP contribution >= 0.6 is 0 Å². The molecule has 0 heterocycles. The minimum absolute atomic E-state index is 0.653. The molecule has 2 nitrogen and oxygen atoms in total. The Labute approximate surface area is 151 Å². The second kappa shape index (κ2) is 8.05. The summed E-state index contributed by atoms with van der Waals surface area (Å²) >= 11 is 0. The predicted octanol–water partition coefficient (Wildman–Crippen LogP) is 5.57. The summed E-state index contributed by atoms with van der Waals surface area (Å²) in [5.74, 6) is 1.79. The van der Waals surface area contributed by atoms with E-state index in [-0.39, 0.29) is 0 Å². The van der Waals surface area contributed by atoms with E-state index in [4.69, 9.17) is 4.74 Å². The van der Waals surface area contributed by atoms with Gasteiger partial charge in [-0.3, -0.25) is 0 Å². The van der Waals surface area contributed by atoms with E-state index < -0.39 is 0 Å². The summed E-state index contributed by atoms with van der Waals surface area (Å²) in [5, 5.41) is 3.76. The van der Waals surface area contributed by atoms with Gasteiger partial charge in [0.25, 0.3) is 0 Å². The lowest BCUT2D eigenvalue weighted by atomic mass is 9.95. The van der Waals surface area contributed by atoms with Gasteiger partial charge in [0.05, 0.1) is 0 Å². The van der Waals surface area contributed by atoms with E-state index in [9.17, 15) is 0 Å². The SMILES string of the molecule is c1ccc(COc2ccc(CNC3CCCCC3)cc2C2CC2)cc1. The van der Waals surface area contributed by atoms with Gasteiger partial charge in [0.2, 0.25) is 0 Å². The fraction of sp³-hybridized carbons (Fsp3) is 0.478. The van der Waals surface area contributed by atoms with Crippen LogP contribution in [0.25, 0.3) is 0 Å². The molecule has 0 radical (unpaired) electrons. The molecule has 4 rings (SSSR count). The molecule has 2 aliphatic carbocycles. The lowest BCUT2D eigenvalue weighted by Crippen LogP contribution is -2.30. The Morgan fingerprint density at radius 2 is 1.64 bits per heavy atom. The summed E-state index contributed by atoms with van der Waals surface area (Å²) in [4.78, 5) is 0. The van der Waals surface area contributed by atoms with E-state index in [0.29, 0.717) is 18.6 Å². The van der Waals surface area contributed by atoms with Gasteiger partial charge in [-0.25, -0.2) is 0 Å². The Balaban J connectivity index is 1.39. The van der Waals surface area contributed by atoms with E-state index in [1.807, 2.05) is 6.07 Å². The molecule has 0 unspecified atom stereocenters. The van der Waals surface area contributed by atoms with Gasteiger partial charge in [-0.05, 0) is 54.4 Å². The zero-order valence-corrected chi connectivity index (χ0v) is 15.0. The third kappa shape index (κ3) is 4.64. The molecule has 0 spiro atoms. The first kappa shape index (κ1) is 16.7. The first-order valence-electron chi connectivity index (χ1n) is 9.91. The van der Waals surface area contributed by atoms with Gasteiger partial charge in [0.15, 0.2) is 0 Å². The standard InChI is InChI=1S/C23H29NO/c1-3-7-18(8-4-1)17-25-23-14-11-19(15-22(23)20-12-13-20)16-24-21-9-5-2-6-10-21/h1,3-4,7-8,11,14-15,20-21,24H,2,5-6,9-10,12-13,16-17H2. The van der Waals surface area contributed by atoms with Crippen LogP contribution in [0.1, 0.15) is 67.6 Å². The summed E-state index contributed by atoms with van der Waals surface area (Å²) in [7, 11) is 0. The number of benzene rings is 2. The van der Waals surface area contributed by atoms with E-state index >= 15 is 0 Å². The summed E-state index contributed by atoms with van der Waals surface area (Å²) in [6.45, 7) is 1.64. The zero-order valence-electron chi connectivity index (χ0n) is 15.0. The van der Waals surface area contributed by atoms with Gasteiger partial charge in [-0.1, -0.05) is 61.7 Å². The molecule has 2 saturated carbocycles. The maximum Gasteiger partial charge on any atom is 0.123 e. The van der Waals surface area contributed by atoms with Crippen molar-refractivity contribution in [1.29, 1.82) is 0 Å². The lowest BCUT2D eigenvalue weighted by Gasteiger charge is -2.23. The molecule has 0 aromatic heterocycles. The Bertz CT molecular complexity index is 672. The van der Waals surface area contributed by atoms with Crippen LogP contribution in [-0.2, 0) is 13.2 Å². The molecule has 2 fully saturated rings. The molecular weight excluding hydrogens is 306 g/mol. The molecule has 0 amide bonds. The number of nitrogens with one attached hydrogen (secondary N) is 1. The van der Waals surface area contributed by atoms with Crippen molar-refractivity contribution in [2.75, 3.05) is 0 Å². The number of ether oxygens (including phenoxy) is 1. The number of hydrogen-bond acceptors (Lipinski definition) is 2. The molecule has 0 atom stereocenters. The minimum atomic E-state index is 0.653. The molecule has 132 valence electrons. The first-order chi connectivity index (χ1) is 12.4. The minimum Gasteiger partial charge on any atom is -0.489 e. The summed E-state index contributed by atoms with van der Waals surface area (Å²) < 4.78 is 6.15. The Kier molecular flexibility index (Phi) is 5.37. The molecule has 0 saturated heterocycles. The van der Waals surface area contributed by atoms with Crippen molar-refractivity contribution in [2.24, 2.45) is 0 Å². The molecule has 25 heavy (non-hydrogen) atoms. The smallest absolute Gasteiger partial charge is 0.123 e. The van der Waals surface area contributed by atoms with Crippen molar-refractivity contribution in [3.05, 3.63) is 65.2 Å². The maximum absolute atomic E-state index is 6.15. The summed E-state index contributed by atoms with van der Waals surface area (Å²) in [6, 6.07) is 18.0. The molecule has 1 N–H and O–H groups in total. The van der Waals surface area contributed by atoms with E-state index in [2.05, 4.69) is 47.8 Å². The average molecular weight is 335 g/mol. The molecule has 0 aliphatic heterocycles. The second-order valence-corrected chi connectivity index (χ2v) is 7.64. The van der Waals surface area contributed by atoms with Gasteiger partial charge in [0.1, 0.15) is 12.4 Å². The molecule has 2 aliphatic rings. The lowest BCUT2D eigenvalue weighted by molar-refractivity contribution is 0.302. The van der Waals surface area contributed by atoms with Crippen LogP contribution in [0.15, 0.2) is 48.5 Å². The van der Waals surface area contributed by atoms with Crippen LogP contribution in [0.4, 0.5) is 0 Å². The van der Waals surface area contributed by atoms with Gasteiger partial charge < -0.3 is 10.1 Å². The normalized spacial score (nSPS) is 18.2. The Morgan fingerprint density at radius 3 is 2.40 bits per heavy atom. The first-order valence-corrected chi connectivity index (χ1v) is 9.91. The predicted molar refractivity (Wildman–Crippen MR) is 103 cm³/mol. The van der Waals surface area contributed by atoms with Crippen molar-refractivity contribution in [2.45, 2.75) is 70.1 Å². The Morgan fingerprint density at radius 1 is 0.840 bits per heavy atom. The van der Waals surface area contributed by atoms with E-state index in [1.165, 1.54) is 61.6 Å². The number of rotatable bonds is 7. The fourth-order valence-electron chi connectivity index (χ4n) is 3.86. The highest BCUT2D eigenvalue weighted by molar-refractivity contribution is 5.42. The van der Waals surface area contributed by atoms with Gasteiger partial charge in [-0.15, -0.1) is 0 Å². The van der Waals surface area contributed by atoms with Gasteiger partial charge in [0, 0.05) is 12.6 Å². The number of hydrogen-bond donors (Lipinski definition) is 1. The van der Waals surface area contributed by atoms with Crippen molar-refractivity contribution >= 4 is 0 Å². The molecule has 2 aromatic rings. The highest BCUT2D eigenvalue weighted by Crippen LogP contribution is 2.44. The quantitative estimate of drug-likeness (QED) is 0.714. The fourth-order valence-corrected chi connectivity index (χ4v) is 3.86. The van der Waals surface area contributed by atoms with Crippen LogP contribution in [0.3, 0.4) is 0 Å². The van der Waals surface area contributed by atoms with Crippen molar-refractivity contribution in [1.82, 2.24) is 5.32 Å². The van der Waals surface area contributed by atoms with E-state index in [1.54, 1.807) is 0 Å². The van der Waals surface area contributed by atoms with E-state index in [0.717, 1.165) is 12.3 Å². The zero-order chi connectivity index (χ0) is 16.9. The highest BCUT2D eigenvalue weighted by Gasteiger charge is 2.27. The van der Waals surface area contributed by atoms with Gasteiger partial charge in [-0.2, -0.15) is 0 Å². The summed E-state index contributed by atoms with van der Waals surface area (Å²) in [5.41, 5.74) is 4.05. The van der Waals surface area contributed by atoms with Crippen LogP contribution in [0.2, 0.25) is 0 Å². The maximum atomic E-state index is 6.15. The van der Waals surface area contributed by atoms with Crippen molar-refractivity contribution in [3.63, 3.8) is 0 Å². The monoisotopic (exact) mass is 335 g/mol. The van der Waals surface area contributed by atoms with Crippen LogP contribution < -0.4 is 10.1 Å². The van der Waals surface area contributed by atoms with Crippen LogP contribution in [0.5, 0.6) is 5.75 Å². The topological polar surface area (TPSA) is 21.3 Å². The molecule has 2 aromatic carbocycles. The molecule has 0 bridgehead atoms.